The summed E-state index contributed by atoms with van der Waals surface area (Å²) in [5, 5.41) is 12.4. The first-order valence-corrected chi connectivity index (χ1v) is 6.70. The molecule has 0 heterocycles. The molecule has 0 atom stereocenters. The summed E-state index contributed by atoms with van der Waals surface area (Å²) in [4.78, 5) is 11.9. The van der Waals surface area contributed by atoms with Crippen molar-refractivity contribution in [2.45, 2.75) is 26.7 Å². The van der Waals surface area contributed by atoms with Gasteiger partial charge in [-0.2, -0.15) is 0 Å². The van der Waals surface area contributed by atoms with Crippen LogP contribution in [0.5, 0.6) is 5.75 Å². The van der Waals surface area contributed by atoms with Crippen LogP contribution in [-0.4, -0.2) is 11.0 Å². The van der Waals surface area contributed by atoms with Crippen LogP contribution in [0.15, 0.2) is 42.5 Å². The first-order valence-electron chi connectivity index (χ1n) is 6.70. The van der Waals surface area contributed by atoms with E-state index < -0.39 is 0 Å². The molecule has 20 heavy (non-hydrogen) atoms. The molecule has 1 amide bonds. The smallest absolute Gasteiger partial charge is 0.224 e. The Balaban J connectivity index is 1.93. The molecule has 2 aromatic carbocycles. The SMILES string of the molecule is Cc1ccc(NC(=O)CCc2ccccc2C)cc1O. The Labute approximate surface area is 119 Å². The maximum atomic E-state index is 11.9. The molecule has 3 heteroatoms. The van der Waals surface area contributed by atoms with Crippen LogP contribution >= 0.6 is 0 Å². The molecule has 2 rings (SSSR count). The van der Waals surface area contributed by atoms with Crippen LogP contribution in [-0.2, 0) is 11.2 Å². The van der Waals surface area contributed by atoms with Gasteiger partial charge < -0.3 is 10.4 Å². The van der Waals surface area contributed by atoms with E-state index in [-0.39, 0.29) is 11.7 Å². The van der Waals surface area contributed by atoms with Gasteiger partial charge in [0.2, 0.25) is 5.91 Å². The fourth-order valence-electron chi connectivity index (χ4n) is 2.05. The Morgan fingerprint density at radius 1 is 1.10 bits per heavy atom. The van der Waals surface area contributed by atoms with Crippen molar-refractivity contribution >= 4 is 11.6 Å². The van der Waals surface area contributed by atoms with Gasteiger partial charge in [0, 0.05) is 18.2 Å². The van der Waals surface area contributed by atoms with Crippen molar-refractivity contribution in [3.05, 3.63) is 59.2 Å². The molecule has 0 fully saturated rings. The minimum Gasteiger partial charge on any atom is -0.508 e. The zero-order valence-electron chi connectivity index (χ0n) is 11.8. The number of hydrogen-bond acceptors (Lipinski definition) is 2. The van der Waals surface area contributed by atoms with E-state index in [0.29, 0.717) is 12.1 Å². The number of benzene rings is 2. The third-order valence-electron chi connectivity index (χ3n) is 3.38. The molecule has 0 radical (unpaired) electrons. The van der Waals surface area contributed by atoms with E-state index in [1.54, 1.807) is 18.2 Å². The number of aromatic hydroxyl groups is 1. The summed E-state index contributed by atoms with van der Waals surface area (Å²) in [6.07, 6.45) is 1.15. The van der Waals surface area contributed by atoms with Crippen LogP contribution in [0, 0.1) is 13.8 Å². The standard InChI is InChI=1S/C17H19NO2/c1-12-5-3-4-6-14(12)8-10-17(20)18-15-9-7-13(2)16(19)11-15/h3-7,9,11,19H,8,10H2,1-2H3,(H,18,20). The minimum atomic E-state index is -0.0449. The van der Waals surface area contributed by atoms with Gasteiger partial charge in [-0.25, -0.2) is 0 Å². The van der Waals surface area contributed by atoms with Crippen LogP contribution in [0.2, 0.25) is 0 Å². The average Bonchev–Trinajstić information content (AvgIpc) is 2.42. The molecule has 0 aliphatic carbocycles. The number of rotatable bonds is 4. The fourth-order valence-corrected chi connectivity index (χ4v) is 2.05. The maximum absolute atomic E-state index is 11.9. The van der Waals surface area contributed by atoms with Gasteiger partial charge in [0.05, 0.1) is 0 Å². The summed E-state index contributed by atoms with van der Waals surface area (Å²) in [6, 6.07) is 13.2. The van der Waals surface area contributed by atoms with Crippen LogP contribution in [0.4, 0.5) is 5.69 Å². The summed E-state index contributed by atoms with van der Waals surface area (Å²) in [6.45, 7) is 3.87. The Morgan fingerprint density at radius 2 is 1.85 bits per heavy atom. The van der Waals surface area contributed by atoms with Crippen molar-refractivity contribution in [1.29, 1.82) is 0 Å². The Morgan fingerprint density at radius 3 is 2.55 bits per heavy atom. The van der Waals surface area contributed by atoms with Gasteiger partial charge in [0.15, 0.2) is 0 Å². The fraction of sp³-hybridized carbons (Fsp3) is 0.235. The molecule has 0 aromatic heterocycles. The second-order valence-electron chi connectivity index (χ2n) is 4.98. The summed E-state index contributed by atoms with van der Waals surface area (Å²) in [5.41, 5.74) is 3.81. The Bertz CT molecular complexity index is 620. The van der Waals surface area contributed by atoms with E-state index in [1.807, 2.05) is 38.1 Å². The lowest BCUT2D eigenvalue weighted by atomic mass is 10.0. The predicted molar refractivity (Wildman–Crippen MR) is 81.0 cm³/mol. The van der Waals surface area contributed by atoms with E-state index in [1.165, 1.54) is 11.1 Å². The topological polar surface area (TPSA) is 49.3 Å². The largest absolute Gasteiger partial charge is 0.508 e. The molecule has 0 saturated carbocycles. The van der Waals surface area contributed by atoms with Gasteiger partial charge in [-0.3, -0.25) is 4.79 Å². The highest BCUT2D eigenvalue weighted by molar-refractivity contribution is 5.91. The summed E-state index contributed by atoms with van der Waals surface area (Å²) >= 11 is 0. The lowest BCUT2D eigenvalue weighted by Crippen LogP contribution is -2.12. The molecule has 0 spiro atoms. The van der Waals surface area contributed by atoms with Crippen molar-refractivity contribution < 1.29 is 9.90 Å². The lowest BCUT2D eigenvalue weighted by molar-refractivity contribution is -0.116. The average molecular weight is 269 g/mol. The van der Waals surface area contributed by atoms with Gasteiger partial charge in [-0.05, 0) is 43.0 Å². The van der Waals surface area contributed by atoms with E-state index in [9.17, 15) is 9.90 Å². The first kappa shape index (κ1) is 14.1. The molecule has 2 aromatic rings. The monoisotopic (exact) mass is 269 g/mol. The molecule has 0 aliphatic heterocycles. The van der Waals surface area contributed by atoms with Crippen molar-refractivity contribution in [3.8, 4) is 5.75 Å². The van der Waals surface area contributed by atoms with Gasteiger partial charge in [0.25, 0.3) is 0 Å². The van der Waals surface area contributed by atoms with Gasteiger partial charge in [0.1, 0.15) is 5.75 Å². The number of nitrogens with one attached hydrogen (secondary N) is 1. The Kier molecular flexibility index (Phi) is 4.41. The maximum Gasteiger partial charge on any atom is 0.224 e. The highest BCUT2D eigenvalue weighted by Gasteiger charge is 2.06. The van der Waals surface area contributed by atoms with Gasteiger partial charge >= 0.3 is 0 Å². The number of anilines is 1. The number of hydrogen-bond donors (Lipinski definition) is 2. The second kappa shape index (κ2) is 6.24. The number of phenols is 1. The third kappa shape index (κ3) is 3.60. The predicted octanol–water partition coefficient (Wildman–Crippen LogP) is 3.58. The molecule has 3 nitrogen and oxygen atoms in total. The quantitative estimate of drug-likeness (QED) is 0.891. The molecule has 0 aliphatic rings. The normalized spacial score (nSPS) is 10.3. The van der Waals surface area contributed by atoms with Crippen LogP contribution in [0.25, 0.3) is 0 Å². The van der Waals surface area contributed by atoms with Crippen molar-refractivity contribution in [2.75, 3.05) is 5.32 Å². The highest BCUT2D eigenvalue weighted by Crippen LogP contribution is 2.21. The number of phenolic OH excluding ortho intramolecular Hbond substituents is 1. The number of amides is 1. The number of aryl methyl sites for hydroxylation is 3. The highest BCUT2D eigenvalue weighted by atomic mass is 16.3. The lowest BCUT2D eigenvalue weighted by Gasteiger charge is -2.08. The van der Waals surface area contributed by atoms with E-state index in [4.69, 9.17) is 0 Å². The van der Waals surface area contributed by atoms with Crippen molar-refractivity contribution in [2.24, 2.45) is 0 Å². The summed E-state index contributed by atoms with van der Waals surface area (Å²) in [5.74, 6) is 0.151. The molecule has 104 valence electrons. The zero-order chi connectivity index (χ0) is 14.5. The zero-order valence-corrected chi connectivity index (χ0v) is 11.8. The first-order chi connectivity index (χ1) is 9.56. The molecular weight excluding hydrogens is 250 g/mol. The van der Waals surface area contributed by atoms with Gasteiger partial charge in [-0.1, -0.05) is 30.3 Å². The van der Waals surface area contributed by atoms with Crippen LogP contribution in [0.3, 0.4) is 0 Å². The van der Waals surface area contributed by atoms with Crippen LogP contribution in [0.1, 0.15) is 23.1 Å². The minimum absolute atomic E-state index is 0.0449. The molecule has 0 bridgehead atoms. The molecule has 2 N–H and O–H groups in total. The Hall–Kier alpha value is -2.29. The summed E-state index contributed by atoms with van der Waals surface area (Å²) in [7, 11) is 0. The number of carbonyl (C=O) groups excluding carboxylic acids is 1. The van der Waals surface area contributed by atoms with E-state index in [0.717, 1.165) is 12.0 Å². The van der Waals surface area contributed by atoms with Crippen molar-refractivity contribution in [3.63, 3.8) is 0 Å². The van der Waals surface area contributed by atoms with E-state index >= 15 is 0 Å². The molecule has 0 unspecified atom stereocenters. The van der Waals surface area contributed by atoms with Crippen LogP contribution < -0.4 is 5.32 Å². The summed E-state index contributed by atoms with van der Waals surface area (Å²) < 4.78 is 0. The van der Waals surface area contributed by atoms with Crippen molar-refractivity contribution in [1.82, 2.24) is 0 Å². The second-order valence-corrected chi connectivity index (χ2v) is 4.98. The van der Waals surface area contributed by atoms with Gasteiger partial charge in [-0.15, -0.1) is 0 Å². The molecule has 0 saturated heterocycles. The third-order valence-corrected chi connectivity index (χ3v) is 3.38. The van der Waals surface area contributed by atoms with E-state index in [2.05, 4.69) is 5.32 Å². The number of carbonyl (C=O) groups is 1. The molecular formula is C17H19NO2.